The van der Waals surface area contributed by atoms with Crippen LogP contribution in [0.3, 0.4) is 0 Å². The SMILES string of the molecule is Cc1cnc(C(=O)N[C@@H](Cc2ccccn2)C2CC(O)C2)[nH]1. The first kappa shape index (κ1) is 14.7. The third-order valence-electron chi connectivity index (χ3n) is 4.11. The van der Waals surface area contributed by atoms with E-state index in [2.05, 4.69) is 20.3 Å². The fourth-order valence-electron chi connectivity index (χ4n) is 2.80. The van der Waals surface area contributed by atoms with Crippen LogP contribution in [0.4, 0.5) is 0 Å². The van der Waals surface area contributed by atoms with Gasteiger partial charge >= 0.3 is 0 Å². The molecule has 1 saturated carbocycles. The quantitative estimate of drug-likeness (QED) is 0.774. The molecule has 0 saturated heterocycles. The van der Waals surface area contributed by atoms with Crippen LogP contribution in [0.1, 0.15) is 34.8 Å². The number of rotatable bonds is 5. The standard InChI is InChI=1S/C16H20N4O2/c1-10-9-18-15(19-10)16(22)20-14(11-6-13(21)7-11)8-12-4-2-3-5-17-12/h2-5,9,11,13-14,21H,6-8H2,1H3,(H,18,19)(H,20,22)/t11?,13?,14-/m0/s1. The highest BCUT2D eigenvalue weighted by atomic mass is 16.3. The zero-order valence-corrected chi connectivity index (χ0v) is 12.5. The number of imidazole rings is 1. The molecule has 116 valence electrons. The summed E-state index contributed by atoms with van der Waals surface area (Å²) in [6.07, 6.45) is 5.22. The lowest BCUT2D eigenvalue weighted by Crippen LogP contribution is -2.48. The highest BCUT2D eigenvalue weighted by Crippen LogP contribution is 2.31. The number of hydrogen-bond acceptors (Lipinski definition) is 4. The minimum Gasteiger partial charge on any atom is -0.393 e. The first-order valence-corrected chi connectivity index (χ1v) is 7.52. The Kier molecular flexibility index (Phi) is 4.20. The topological polar surface area (TPSA) is 90.9 Å². The Morgan fingerprint density at radius 3 is 2.86 bits per heavy atom. The Morgan fingerprint density at radius 1 is 1.45 bits per heavy atom. The Bertz CT molecular complexity index is 635. The highest BCUT2D eigenvalue weighted by Gasteiger charge is 2.35. The molecule has 6 heteroatoms. The van der Waals surface area contributed by atoms with Gasteiger partial charge in [-0.2, -0.15) is 0 Å². The van der Waals surface area contributed by atoms with Crippen LogP contribution >= 0.6 is 0 Å². The number of nitrogens with one attached hydrogen (secondary N) is 2. The zero-order valence-electron chi connectivity index (χ0n) is 12.5. The van der Waals surface area contributed by atoms with E-state index in [9.17, 15) is 9.90 Å². The third kappa shape index (κ3) is 3.33. The number of pyridine rings is 1. The van der Waals surface area contributed by atoms with E-state index in [0.717, 1.165) is 24.2 Å². The summed E-state index contributed by atoms with van der Waals surface area (Å²) in [4.78, 5) is 23.6. The van der Waals surface area contributed by atoms with Crippen molar-refractivity contribution < 1.29 is 9.90 Å². The summed E-state index contributed by atoms with van der Waals surface area (Å²) < 4.78 is 0. The van der Waals surface area contributed by atoms with Crippen LogP contribution in [0.2, 0.25) is 0 Å². The summed E-state index contributed by atoms with van der Waals surface area (Å²) in [5.41, 5.74) is 1.79. The van der Waals surface area contributed by atoms with Gasteiger partial charge in [0.1, 0.15) is 0 Å². The third-order valence-corrected chi connectivity index (χ3v) is 4.11. The number of aromatic nitrogens is 3. The molecule has 1 amide bonds. The predicted octanol–water partition coefficient (Wildman–Crippen LogP) is 1.23. The molecule has 1 aliphatic carbocycles. The molecule has 2 aromatic heterocycles. The maximum atomic E-state index is 12.3. The van der Waals surface area contributed by atoms with Crippen molar-refractivity contribution in [2.24, 2.45) is 5.92 Å². The van der Waals surface area contributed by atoms with Crippen LogP contribution in [0.25, 0.3) is 0 Å². The summed E-state index contributed by atoms with van der Waals surface area (Å²) in [5, 5.41) is 12.6. The first-order valence-electron chi connectivity index (χ1n) is 7.52. The van der Waals surface area contributed by atoms with Crippen LogP contribution in [0.15, 0.2) is 30.6 Å². The lowest BCUT2D eigenvalue weighted by molar-refractivity contribution is 0.0237. The number of aliphatic hydroxyl groups is 1. The smallest absolute Gasteiger partial charge is 0.287 e. The highest BCUT2D eigenvalue weighted by molar-refractivity contribution is 5.90. The van der Waals surface area contributed by atoms with Gasteiger partial charge in [-0.1, -0.05) is 6.07 Å². The molecule has 1 aliphatic rings. The minimum atomic E-state index is -0.251. The number of nitrogens with zero attached hydrogens (tertiary/aromatic N) is 2. The fourth-order valence-corrected chi connectivity index (χ4v) is 2.80. The summed E-state index contributed by atoms with van der Waals surface area (Å²) in [6.45, 7) is 1.86. The van der Waals surface area contributed by atoms with Crippen molar-refractivity contribution >= 4 is 5.91 Å². The average Bonchev–Trinajstić information content (AvgIpc) is 2.91. The predicted molar refractivity (Wildman–Crippen MR) is 81.3 cm³/mol. The van der Waals surface area contributed by atoms with E-state index in [1.165, 1.54) is 0 Å². The Balaban J connectivity index is 1.69. The van der Waals surface area contributed by atoms with Gasteiger partial charge in [0.25, 0.3) is 5.91 Å². The maximum Gasteiger partial charge on any atom is 0.287 e. The molecular weight excluding hydrogens is 280 g/mol. The molecule has 2 aromatic rings. The average molecular weight is 300 g/mol. The van der Waals surface area contributed by atoms with Gasteiger partial charge in [-0.3, -0.25) is 9.78 Å². The van der Waals surface area contributed by atoms with Gasteiger partial charge in [0.2, 0.25) is 0 Å². The van der Waals surface area contributed by atoms with Gasteiger partial charge < -0.3 is 15.4 Å². The Hall–Kier alpha value is -2.21. The van der Waals surface area contributed by atoms with Crippen LogP contribution in [-0.2, 0) is 6.42 Å². The van der Waals surface area contributed by atoms with Crippen molar-refractivity contribution in [3.63, 3.8) is 0 Å². The van der Waals surface area contributed by atoms with Crippen LogP contribution < -0.4 is 5.32 Å². The minimum absolute atomic E-state index is 0.0452. The molecule has 2 heterocycles. The Morgan fingerprint density at radius 2 is 2.27 bits per heavy atom. The molecule has 0 radical (unpaired) electrons. The summed E-state index contributed by atoms with van der Waals surface area (Å²) in [6, 6.07) is 5.71. The first-order chi connectivity index (χ1) is 10.6. The van der Waals surface area contributed by atoms with Crippen molar-refractivity contribution in [2.45, 2.75) is 38.3 Å². The number of aromatic amines is 1. The van der Waals surface area contributed by atoms with Crippen LogP contribution in [0, 0.1) is 12.8 Å². The molecule has 6 nitrogen and oxygen atoms in total. The maximum absolute atomic E-state index is 12.3. The normalized spacial score (nSPS) is 21.9. The molecular formula is C16H20N4O2. The molecule has 0 bridgehead atoms. The van der Waals surface area contributed by atoms with E-state index in [1.54, 1.807) is 12.4 Å². The lowest BCUT2D eigenvalue weighted by atomic mass is 9.76. The van der Waals surface area contributed by atoms with Crippen molar-refractivity contribution in [1.29, 1.82) is 0 Å². The summed E-state index contributed by atoms with van der Waals surface area (Å²) >= 11 is 0. The Labute approximate surface area is 129 Å². The number of amides is 1. The molecule has 3 N–H and O–H groups in total. The molecule has 0 spiro atoms. The van der Waals surface area contributed by atoms with Gasteiger partial charge in [-0.05, 0) is 37.8 Å². The lowest BCUT2D eigenvalue weighted by Gasteiger charge is -2.37. The van der Waals surface area contributed by atoms with Gasteiger partial charge in [0.05, 0.1) is 6.10 Å². The molecule has 1 fully saturated rings. The van der Waals surface area contributed by atoms with Gasteiger partial charge in [-0.25, -0.2) is 4.98 Å². The summed E-state index contributed by atoms with van der Waals surface area (Å²) in [7, 11) is 0. The molecule has 22 heavy (non-hydrogen) atoms. The molecule has 0 aromatic carbocycles. The van der Waals surface area contributed by atoms with Gasteiger partial charge in [0, 0.05) is 36.2 Å². The van der Waals surface area contributed by atoms with Crippen molar-refractivity contribution in [3.8, 4) is 0 Å². The van der Waals surface area contributed by atoms with Crippen molar-refractivity contribution in [2.75, 3.05) is 0 Å². The molecule has 0 aliphatic heterocycles. The number of aliphatic hydroxyl groups excluding tert-OH is 1. The second-order valence-corrected chi connectivity index (χ2v) is 5.91. The van der Waals surface area contributed by atoms with E-state index in [0.29, 0.717) is 12.2 Å². The number of hydrogen-bond donors (Lipinski definition) is 3. The van der Waals surface area contributed by atoms with E-state index < -0.39 is 0 Å². The number of carbonyl (C=O) groups is 1. The molecule has 0 unspecified atom stereocenters. The molecule has 3 rings (SSSR count). The van der Waals surface area contributed by atoms with E-state index in [1.807, 2.05) is 25.1 Å². The van der Waals surface area contributed by atoms with Crippen LogP contribution in [-0.4, -0.2) is 38.1 Å². The van der Waals surface area contributed by atoms with Gasteiger partial charge in [0.15, 0.2) is 5.82 Å². The van der Waals surface area contributed by atoms with Crippen molar-refractivity contribution in [1.82, 2.24) is 20.3 Å². The van der Waals surface area contributed by atoms with E-state index in [-0.39, 0.29) is 24.0 Å². The van der Waals surface area contributed by atoms with Crippen molar-refractivity contribution in [3.05, 3.63) is 47.8 Å². The van der Waals surface area contributed by atoms with E-state index >= 15 is 0 Å². The van der Waals surface area contributed by atoms with Gasteiger partial charge in [-0.15, -0.1) is 0 Å². The van der Waals surface area contributed by atoms with Crippen LogP contribution in [0.5, 0.6) is 0 Å². The second kappa shape index (κ2) is 6.27. The second-order valence-electron chi connectivity index (χ2n) is 5.91. The zero-order chi connectivity index (χ0) is 15.5. The number of carbonyl (C=O) groups excluding carboxylic acids is 1. The summed E-state index contributed by atoms with van der Waals surface area (Å²) in [5.74, 6) is 0.385. The molecule has 1 atom stereocenters. The monoisotopic (exact) mass is 300 g/mol. The number of H-pyrrole nitrogens is 1. The van der Waals surface area contributed by atoms with E-state index in [4.69, 9.17) is 0 Å². The number of aryl methyl sites for hydroxylation is 1. The fraction of sp³-hybridized carbons (Fsp3) is 0.438. The largest absolute Gasteiger partial charge is 0.393 e.